The molecule has 0 atom stereocenters. The number of amides is 1. The highest BCUT2D eigenvalue weighted by Gasteiger charge is 2.16. The molecule has 0 aliphatic carbocycles. The van der Waals surface area contributed by atoms with Gasteiger partial charge in [0.2, 0.25) is 5.91 Å². The fourth-order valence-electron chi connectivity index (χ4n) is 1.98. The van der Waals surface area contributed by atoms with Crippen LogP contribution in [0.15, 0.2) is 30.3 Å². The molecule has 0 radical (unpaired) electrons. The van der Waals surface area contributed by atoms with Crippen LogP contribution < -0.4 is 0 Å². The van der Waals surface area contributed by atoms with Crippen molar-refractivity contribution < 1.29 is 14.7 Å². The number of carbonyl (C=O) groups is 2. The molecular weight excluding hydrogens is 292 g/mol. The molecule has 1 aromatic rings. The average molecular weight is 315 g/mol. The van der Waals surface area contributed by atoms with E-state index in [1.165, 1.54) is 0 Å². The SMILES string of the molecule is CCCN(CC(=O)O)CC(=O)N(C)Cc1ccccc1.Cl. The van der Waals surface area contributed by atoms with Gasteiger partial charge in [0, 0.05) is 13.6 Å². The smallest absolute Gasteiger partial charge is 0.317 e. The largest absolute Gasteiger partial charge is 0.480 e. The summed E-state index contributed by atoms with van der Waals surface area (Å²) in [7, 11) is 1.74. The van der Waals surface area contributed by atoms with Gasteiger partial charge in [-0.1, -0.05) is 37.3 Å². The maximum absolute atomic E-state index is 12.1. The van der Waals surface area contributed by atoms with Gasteiger partial charge in [0.05, 0.1) is 13.1 Å². The van der Waals surface area contributed by atoms with Crippen LogP contribution in [0, 0.1) is 0 Å². The topological polar surface area (TPSA) is 60.9 Å². The fourth-order valence-corrected chi connectivity index (χ4v) is 1.98. The molecule has 1 aromatic carbocycles. The van der Waals surface area contributed by atoms with Gasteiger partial charge in [0.15, 0.2) is 0 Å². The van der Waals surface area contributed by atoms with Crippen molar-refractivity contribution in [1.82, 2.24) is 9.80 Å². The summed E-state index contributed by atoms with van der Waals surface area (Å²) < 4.78 is 0. The van der Waals surface area contributed by atoms with E-state index in [0.717, 1.165) is 12.0 Å². The lowest BCUT2D eigenvalue weighted by Gasteiger charge is -2.23. The molecule has 0 unspecified atom stereocenters. The lowest BCUT2D eigenvalue weighted by Crippen LogP contribution is -2.40. The molecule has 0 aromatic heterocycles. The third-order valence-corrected chi connectivity index (χ3v) is 2.95. The Labute approximate surface area is 132 Å². The van der Waals surface area contributed by atoms with Crippen molar-refractivity contribution in [2.24, 2.45) is 0 Å². The Morgan fingerprint density at radius 1 is 1.14 bits per heavy atom. The summed E-state index contributed by atoms with van der Waals surface area (Å²) in [5, 5.41) is 8.83. The monoisotopic (exact) mass is 314 g/mol. The Balaban J connectivity index is 0.00000400. The van der Waals surface area contributed by atoms with Crippen molar-refractivity contribution in [3.63, 3.8) is 0 Å². The zero-order valence-corrected chi connectivity index (χ0v) is 13.3. The fraction of sp³-hybridized carbons (Fsp3) is 0.467. The molecular formula is C15H23ClN2O3. The Morgan fingerprint density at radius 2 is 1.76 bits per heavy atom. The van der Waals surface area contributed by atoms with Crippen LogP contribution in [0.1, 0.15) is 18.9 Å². The summed E-state index contributed by atoms with van der Waals surface area (Å²) in [6.45, 7) is 3.15. The minimum absolute atomic E-state index is 0. The van der Waals surface area contributed by atoms with Crippen molar-refractivity contribution >= 4 is 24.3 Å². The number of carbonyl (C=O) groups excluding carboxylic acids is 1. The Morgan fingerprint density at radius 3 is 2.29 bits per heavy atom. The van der Waals surface area contributed by atoms with E-state index in [0.29, 0.717) is 13.1 Å². The third kappa shape index (κ3) is 7.68. The highest BCUT2D eigenvalue weighted by molar-refractivity contribution is 5.85. The van der Waals surface area contributed by atoms with Crippen LogP contribution in [-0.2, 0) is 16.1 Å². The Bertz CT molecular complexity index is 440. The maximum Gasteiger partial charge on any atom is 0.317 e. The second-order valence-electron chi connectivity index (χ2n) is 4.84. The van der Waals surface area contributed by atoms with E-state index in [4.69, 9.17) is 5.11 Å². The van der Waals surface area contributed by atoms with Crippen LogP contribution >= 0.6 is 12.4 Å². The van der Waals surface area contributed by atoms with Crippen molar-refractivity contribution in [2.45, 2.75) is 19.9 Å². The molecule has 1 N–H and O–H groups in total. The van der Waals surface area contributed by atoms with Gasteiger partial charge in [-0.2, -0.15) is 0 Å². The molecule has 1 rings (SSSR count). The first-order chi connectivity index (χ1) is 9.52. The lowest BCUT2D eigenvalue weighted by molar-refractivity contribution is -0.139. The van der Waals surface area contributed by atoms with Gasteiger partial charge < -0.3 is 10.0 Å². The first-order valence-corrected chi connectivity index (χ1v) is 6.75. The van der Waals surface area contributed by atoms with Crippen LogP contribution in [0.4, 0.5) is 0 Å². The zero-order chi connectivity index (χ0) is 15.0. The van der Waals surface area contributed by atoms with E-state index in [1.807, 2.05) is 37.3 Å². The number of benzene rings is 1. The second-order valence-corrected chi connectivity index (χ2v) is 4.84. The summed E-state index contributed by atoms with van der Waals surface area (Å²) in [6, 6.07) is 9.72. The second kappa shape index (κ2) is 10.2. The van der Waals surface area contributed by atoms with E-state index in [-0.39, 0.29) is 31.4 Å². The van der Waals surface area contributed by atoms with Gasteiger partial charge >= 0.3 is 5.97 Å². The lowest BCUT2D eigenvalue weighted by atomic mass is 10.2. The molecule has 118 valence electrons. The summed E-state index contributed by atoms with van der Waals surface area (Å²) in [5.41, 5.74) is 1.06. The van der Waals surface area contributed by atoms with E-state index in [9.17, 15) is 9.59 Å². The number of hydrogen-bond donors (Lipinski definition) is 1. The molecule has 5 nitrogen and oxygen atoms in total. The average Bonchev–Trinajstić information content (AvgIpc) is 2.39. The van der Waals surface area contributed by atoms with Gasteiger partial charge in [-0.05, 0) is 18.5 Å². The standard InChI is InChI=1S/C15H22N2O3.ClH/c1-3-9-17(12-15(19)20)11-14(18)16(2)10-13-7-5-4-6-8-13;/h4-8H,3,9-12H2,1-2H3,(H,19,20);1H. The number of halogens is 1. The van der Waals surface area contributed by atoms with Crippen molar-refractivity contribution in [3.8, 4) is 0 Å². The molecule has 0 heterocycles. The first kappa shape index (κ1) is 19.4. The number of rotatable bonds is 8. The first-order valence-electron chi connectivity index (χ1n) is 6.75. The van der Waals surface area contributed by atoms with Crippen LogP contribution in [0.3, 0.4) is 0 Å². The van der Waals surface area contributed by atoms with Gasteiger partial charge in [0.1, 0.15) is 0 Å². The molecule has 1 amide bonds. The van der Waals surface area contributed by atoms with Crippen molar-refractivity contribution in [2.75, 3.05) is 26.7 Å². The van der Waals surface area contributed by atoms with E-state index in [2.05, 4.69) is 0 Å². The number of aliphatic carboxylic acids is 1. The minimum atomic E-state index is -0.906. The molecule has 0 saturated heterocycles. The summed E-state index contributed by atoms with van der Waals surface area (Å²) >= 11 is 0. The van der Waals surface area contributed by atoms with E-state index >= 15 is 0 Å². The van der Waals surface area contributed by atoms with Crippen LogP contribution in [0.5, 0.6) is 0 Å². The predicted molar refractivity (Wildman–Crippen MR) is 84.5 cm³/mol. The molecule has 0 aliphatic rings. The number of nitrogens with zero attached hydrogens (tertiary/aromatic N) is 2. The van der Waals surface area contributed by atoms with Crippen molar-refractivity contribution in [1.29, 1.82) is 0 Å². The van der Waals surface area contributed by atoms with Gasteiger partial charge in [-0.3, -0.25) is 14.5 Å². The van der Waals surface area contributed by atoms with Crippen molar-refractivity contribution in [3.05, 3.63) is 35.9 Å². The third-order valence-electron chi connectivity index (χ3n) is 2.95. The predicted octanol–water partition coefficient (Wildman–Crippen LogP) is 1.86. The minimum Gasteiger partial charge on any atom is -0.480 e. The molecule has 0 spiro atoms. The molecule has 21 heavy (non-hydrogen) atoms. The highest BCUT2D eigenvalue weighted by Crippen LogP contribution is 2.03. The summed E-state index contributed by atoms with van der Waals surface area (Å²) in [4.78, 5) is 26.1. The summed E-state index contributed by atoms with van der Waals surface area (Å²) in [6.07, 6.45) is 0.822. The van der Waals surface area contributed by atoms with Crippen LogP contribution in [-0.4, -0.2) is 53.5 Å². The number of carboxylic acid groups (broad SMARTS) is 1. The molecule has 0 bridgehead atoms. The number of carboxylic acids is 1. The van der Waals surface area contributed by atoms with E-state index in [1.54, 1.807) is 16.8 Å². The Hall–Kier alpha value is -1.59. The number of likely N-dealkylation sites (N-methyl/N-ethyl adjacent to an activating group) is 1. The molecule has 0 aliphatic heterocycles. The molecule has 0 saturated carbocycles. The normalized spacial score (nSPS) is 10.0. The number of hydrogen-bond acceptors (Lipinski definition) is 3. The molecule has 0 fully saturated rings. The highest BCUT2D eigenvalue weighted by atomic mass is 35.5. The summed E-state index contributed by atoms with van der Waals surface area (Å²) in [5.74, 6) is -0.972. The van der Waals surface area contributed by atoms with Gasteiger partial charge in [-0.15, -0.1) is 12.4 Å². The quantitative estimate of drug-likeness (QED) is 0.795. The zero-order valence-electron chi connectivity index (χ0n) is 12.5. The Kier molecular flexibility index (Phi) is 9.41. The molecule has 6 heteroatoms. The van der Waals surface area contributed by atoms with Gasteiger partial charge in [-0.25, -0.2) is 0 Å². The maximum atomic E-state index is 12.1. The van der Waals surface area contributed by atoms with Crippen LogP contribution in [0.25, 0.3) is 0 Å². The van der Waals surface area contributed by atoms with E-state index < -0.39 is 5.97 Å². The van der Waals surface area contributed by atoms with Gasteiger partial charge in [0.25, 0.3) is 0 Å². The van der Waals surface area contributed by atoms with Crippen LogP contribution in [0.2, 0.25) is 0 Å².